The zero-order valence-electron chi connectivity index (χ0n) is 24.4. The Labute approximate surface area is 242 Å². The van der Waals surface area contributed by atoms with E-state index >= 15 is 0 Å². The van der Waals surface area contributed by atoms with E-state index in [9.17, 15) is 14.4 Å². The quantitative estimate of drug-likeness (QED) is 0.192. The van der Waals surface area contributed by atoms with Gasteiger partial charge in [0.2, 0.25) is 5.91 Å². The fourth-order valence-corrected chi connectivity index (χ4v) is 4.01. The van der Waals surface area contributed by atoms with Gasteiger partial charge in [-0.05, 0) is 94.1 Å². The predicted octanol–water partition coefficient (Wildman–Crippen LogP) is 6.34. The lowest BCUT2D eigenvalue weighted by atomic mass is 9.99. The van der Waals surface area contributed by atoms with Crippen LogP contribution in [0.25, 0.3) is 0 Å². The first kappa shape index (κ1) is 31.2. The first-order valence-electron chi connectivity index (χ1n) is 13.7. The number of methoxy groups -OCH3 is 1. The zero-order valence-corrected chi connectivity index (χ0v) is 24.4. The number of nitrogens with one attached hydrogen (secondary N) is 1. The van der Waals surface area contributed by atoms with Crippen molar-refractivity contribution < 1.29 is 33.3 Å². The minimum absolute atomic E-state index is 0.119. The number of benzene rings is 3. The summed E-state index contributed by atoms with van der Waals surface area (Å²) in [5, 5.41) is 2.91. The van der Waals surface area contributed by atoms with E-state index in [1.54, 1.807) is 39.8 Å². The highest BCUT2D eigenvalue weighted by Crippen LogP contribution is 2.25. The van der Waals surface area contributed by atoms with Crippen molar-refractivity contribution in [3.8, 4) is 11.5 Å². The molecule has 1 N–H and O–H groups in total. The molecular weight excluding hydrogens is 522 g/mol. The molecule has 0 saturated carbocycles. The molecule has 1 amide bonds. The summed E-state index contributed by atoms with van der Waals surface area (Å²) in [5.74, 6) is -0.255. The van der Waals surface area contributed by atoms with E-state index in [-0.39, 0.29) is 17.9 Å². The van der Waals surface area contributed by atoms with Gasteiger partial charge in [0.25, 0.3) is 0 Å². The summed E-state index contributed by atoms with van der Waals surface area (Å²) >= 11 is 0. The van der Waals surface area contributed by atoms with Crippen molar-refractivity contribution in [2.24, 2.45) is 0 Å². The summed E-state index contributed by atoms with van der Waals surface area (Å²) in [4.78, 5) is 37.9. The van der Waals surface area contributed by atoms with Crippen LogP contribution < -0.4 is 14.8 Å². The summed E-state index contributed by atoms with van der Waals surface area (Å²) in [6, 6.07) is 21.8. The molecule has 0 aliphatic carbocycles. The number of esters is 2. The first-order valence-corrected chi connectivity index (χ1v) is 13.7. The number of ether oxygens (including phenoxy) is 4. The summed E-state index contributed by atoms with van der Waals surface area (Å²) in [6.45, 7) is 8.27. The molecule has 0 spiro atoms. The molecule has 1 atom stereocenters. The number of amides is 1. The van der Waals surface area contributed by atoms with Crippen LogP contribution in [0, 0.1) is 0 Å². The van der Waals surface area contributed by atoms with Crippen molar-refractivity contribution in [1.29, 1.82) is 0 Å². The standard InChI is InChI=1S/C33H39NO7/c1-23(24-12-11-15-28(21-24)40-19-10-9-18-39-27-13-7-6-8-14-27)31(36)34-29-17-16-25(32(37)38-5)20-26(29)22-30(35)41-33(2,3)4/h6-8,11-17,20-21,23H,9-10,18-19,22H2,1-5H3,(H,34,36). The number of carbonyl (C=O) groups excluding carboxylic acids is 3. The summed E-state index contributed by atoms with van der Waals surface area (Å²) < 4.78 is 21.9. The molecule has 0 fully saturated rings. The predicted molar refractivity (Wildman–Crippen MR) is 157 cm³/mol. The number of unbranched alkanes of at least 4 members (excludes halogenated alkanes) is 1. The van der Waals surface area contributed by atoms with Gasteiger partial charge in [0.1, 0.15) is 17.1 Å². The number of hydrogen-bond acceptors (Lipinski definition) is 7. The SMILES string of the molecule is COC(=O)c1ccc(NC(=O)C(C)c2cccc(OCCCCOc3ccccc3)c2)c(CC(=O)OC(C)(C)C)c1. The first-order chi connectivity index (χ1) is 19.6. The topological polar surface area (TPSA) is 100 Å². The second-order valence-corrected chi connectivity index (χ2v) is 10.6. The molecule has 0 saturated heterocycles. The van der Waals surface area contributed by atoms with Gasteiger partial charge in [0, 0.05) is 5.69 Å². The number of para-hydroxylation sites is 1. The maximum atomic E-state index is 13.2. The average Bonchev–Trinajstić information content (AvgIpc) is 2.94. The van der Waals surface area contributed by atoms with Crippen LogP contribution in [0.4, 0.5) is 5.69 Å². The van der Waals surface area contributed by atoms with Crippen molar-refractivity contribution >= 4 is 23.5 Å². The molecule has 0 aliphatic heterocycles. The van der Waals surface area contributed by atoms with Gasteiger partial charge in [-0.2, -0.15) is 0 Å². The summed E-state index contributed by atoms with van der Waals surface area (Å²) in [5.41, 5.74) is 1.26. The van der Waals surface area contributed by atoms with E-state index < -0.39 is 23.5 Å². The average molecular weight is 562 g/mol. The maximum Gasteiger partial charge on any atom is 0.337 e. The Morgan fingerprint density at radius 1 is 0.829 bits per heavy atom. The third-order valence-corrected chi connectivity index (χ3v) is 6.11. The largest absolute Gasteiger partial charge is 0.494 e. The molecule has 218 valence electrons. The molecule has 3 aromatic carbocycles. The monoisotopic (exact) mass is 561 g/mol. The summed E-state index contributed by atoms with van der Waals surface area (Å²) in [6.07, 6.45) is 1.56. The molecule has 0 aromatic heterocycles. The van der Waals surface area contributed by atoms with E-state index in [0.29, 0.717) is 30.2 Å². The van der Waals surface area contributed by atoms with Gasteiger partial charge in [0.05, 0.1) is 38.2 Å². The van der Waals surface area contributed by atoms with Gasteiger partial charge in [0.15, 0.2) is 0 Å². The Morgan fingerprint density at radius 2 is 1.49 bits per heavy atom. The fraction of sp³-hybridized carbons (Fsp3) is 0.364. The zero-order chi connectivity index (χ0) is 29.8. The highest BCUT2D eigenvalue weighted by Gasteiger charge is 2.22. The van der Waals surface area contributed by atoms with E-state index in [2.05, 4.69) is 5.32 Å². The van der Waals surface area contributed by atoms with Gasteiger partial charge in [-0.25, -0.2) is 4.79 Å². The van der Waals surface area contributed by atoms with Crippen LogP contribution >= 0.6 is 0 Å². The van der Waals surface area contributed by atoms with Crippen molar-refractivity contribution in [3.05, 3.63) is 89.5 Å². The smallest absolute Gasteiger partial charge is 0.337 e. The normalized spacial score (nSPS) is 11.7. The van der Waals surface area contributed by atoms with Crippen LogP contribution in [0.1, 0.15) is 67.9 Å². The van der Waals surface area contributed by atoms with E-state index in [0.717, 1.165) is 24.2 Å². The molecule has 8 nitrogen and oxygen atoms in total. The molecule has 3 rings (SSSR count). The Balaban J connectivity index is 1.60. The number of hydrogen-bond donors (Lipinski definition) is 1. The third kappa shape index (κ3) is 10.3. The number of rotatable bonds is 13. The highest BCUT2D eigenvalue weighted by molar-refractivity contribution is 5.98. The highest BCUT2D eigenvalue weighted by atomic mass is 16.6. The second-order valence-electron chi connectivity index (χ2n) is 10.6. The van der Waals surface area contributed by atoms with Crippen LogP contribution in [0.5, 0.6) is 11.5 Å². The van der Waals surface area contributed by atoms with Crippen molar-refractivity contribution in [2.45, 2.75) is 58.5 Å². The molecular formula is C33H39NO7. The minimum Gasteiger partial charge on any atom is -0.494 e. The van der Waals surface area contributed by atoms with Crippen LogP contribution in [-0.4, -0.2) is 43.8 Å². The molecule has 0 bridgehead atoms. The molecule has 1 unspecified atom stereocenters. The van der Waals surface area contributed by atoms with E-state index in [1.165, 1.54) is 13.2 Å². The van der Waals surface area contributed by atoms with E-state index in [1.807, 2.05) is 54.6 Å². The van der Waals surface area contributed by atoms with Crippen molar-refractivity contribution in [3.63, 3.8) is 0 Å². The number of anilines is 1. The van der Waals surface area contributed by atoms with Crippen LogP contribution in [0.3, 0.4) is 0 Å². The summed E-state index contributed by atoms with van der Waals surface area (Å²) in [7, 11) is 1.28. The Kier molecular flexibility index (Phi) is 11.3. The maximum absolute atomic E-state index is 13.2. The molecule has 41 heavy (non-hydrogen) atoms. The van der Waals surface area contributed by atoms with Gasteiger partial charge in [-0.3, -0.25) is 9.59 Å². The van der Waals surface area contributed by atoms with Gasteiger partial charge < -0.3 is 24.3 Å². The molecule has 3 aromatic rings. The van der Waals surface area contributed by atoms with Crippen molar-refractivity contribution in [1.82, 2.24) is 0 Å². The lowest BCUT2D eigenvalue weighted by Crippen LogP contribution is -2.26. The minimum atomic E-state index is -0.669. The van der Waals surface area contributed by atoms with Gasteiger partial charge >= 0.3 is 11.9 Å². The Morgan fingerprint density at radius 3 is 2.15 bits per heavy atom. The Hall–Kier alpha value is -4.33. The third-order valence-electron chi connectivity index (χ3n) is 6.11. The van der Waals surface area contributed by atoms with Gasteiger partial charge in [-0.1, -0.05) is 30.3 Å². The second kappa shape index (κ2) is 14.9. The fourth-order valence-electron chi connectivity index (χ4n) is 4.01. The van der Waals surface area contributed by atoms with Gasteiger partial charge in [-0.15, -0.1) is 0 Å². The molecule has 0 radical (unpaired) electrons. The molecule has 0 aliphatic rings. The van der Waals surface area contributed by atoms with Crippen LogP contribution in [0.15, 0.2) is 72.8 Å². The molecule has 8 heteroatoms. The lowest BCUT2D eigenvalue weighted by Gasteiger charge is -2.21. The van der Waals surface area contributed by atoms with Crippen LogP contribution in [-0.2, 0) is 25.5 Å². The number of carbonyl (C=O) groups is 3. The Bertz CT molecular complexity index is 1310. The van der Waals surface area contributed by atoms with Crippen molar-refractivity contribution in [2.75, 3.05) is 25.6 Å². The lowest BCUT2D eigenvalue weighted by molar-refractivity contribution is -0.153. The molecule has 0 heterocycles. The van der Waals surface area contributed by atoms with Crippen LogP contribution in [0.2, 0.25) is 0 Å². The van der Waals surface area contributed by atoms with E-state index in [4.69, 9.17) is 18.9 Å².